The smallest absolute Gasteiger partial charge is 0.264 e. The lowest BCUT2D eigenvalue weighted by atomic mass is 9.94. The minimum atomic E-state index is -3.82. The largest absolute Gasteiger partial charge is 0.473 e. The Labute approximate surface area is 285 Å². The first-order valence-electron chi connectivity index (χ1n) is 15.6. The lowest BCUT2D eigenvalue weighted by molar-refractivity contribution is 0.00858. The standard InChI is InChI=1S/C36H31F4N5O4S/c1-36(2,35(39)40)20-45-31-16-24(34(46)44-50(47,48)26-11-12-26)10-13-30(31)42-32(45)17-22-8-9-23(15-28(22)38)29-4-3-5-33(43-29)49-19-25-7-6-21(18-41)14-27(25)37/h3-10,13-16,26,35H,11-12,17,19-20H2,1-2H3,(H,44,46). The molecular weight excluding hydrogens is 674 g/mol. The number of aromatic nitrogens is 3. The lowest BCUT2D eigenvalue weighted by Crippen LogP contribution is -2.33. The number of alkyl halides is 2. The number of carbonyl (C=O) groups is 1. The topological polar surface area (TPSA) is 127 Å². The van der Waals surface area contributed by atoms with Crippen molar-refractivity contribution in [2.75, 3.05) is 0 Å². The molecule has 2 aromatic heterocycles. The van der Waals surface area contributed by atoms with Crippen LogP contribution in [-0.4, -0.2) is 40.5 Å². The maximum Gasteiger partial charge on any atom is 0.264 e. The normalized spacial score (nSPS) is 13.4. The number of hydrogen-bond acceptors (Lipinski definition) is 7. The maximum atomic E-state index is 15.7. The Bertz CT molecular complexity index is 2260. The summed E-state index contributed by atoms with van der Waals surface area (Å²) in [5.41, 5.74) is 0.619. The predicted octanol–water partition coefficient (Wildman–Crippen LogP) is 6.93. The number of pyridine rings is 1. The first-order valence-corrected chi connectivity index (χ1v) is 17.2. The van der Waals surface area contributed by atoms with Crippen LogP contribution in [0.1, 0.15) is 59.6 Å². The number of amides is 1. The average Bonchev–Trinajstić information content (AvgIpc) is 3.90. The summed E-state index contributed by atoms with van der Waals surface area (Å²) in [6.45, 7) is 2.40. The summed E-state index contributed by atoms with van der Waals surface area (Å²) in [7, 11) is -3.82. The molecule has 9 nitrogen and oxygen atoms in total. The van der Waals surface area contributed by atoms with E-state index < -0.39 is 44.7 Å². The fraction of sp³-hybridized carbons (Fsp3) is 0.278. The van der Waals surface area contributed by atoms with Crippen molar-refractivity contribution in [1.82, 2.24) is 19.3 Å². The number of fused-ring (bicyclic) bond motifs is 1. The predicted molar refractivity (Wildman–Crippen MR) is 177 cm³/mol. The second-order valence-electron chi connectivity index (χ2n) is 12.8. The summed E-state index contributed by atoms with van der Waals surface area (Å²) in [5.74, 6) is -1.59. The zero-order valence-corrected chi connectivity index (χ0v) is 27.8. The van der Waals surface area contributed by atoms with E-state index in [1.807, 2.05) is 6.07 Å². The molecule has 1 aliphatic rings. The van der Waals surface area contributed by atoms with Gasteiger partial charge in [-0.05, 0) is 60.9 Å². The molecule has 1 fully saturated rings. The summed E-state index contributed by atoms with van der Waals surface area (Å²) in [6, 6.07) is 19.6. The van der Waals surface area contributed by atoms with E-state index in [9.17, 15) is 26.4 Å². The molecule has 0 aliphatic heterocycles. The van der Waals surface area contributed by atoms with Crippen LogP contribution in [0.3, 0.4) is 0 Å². The third kappa shape index (κ3) is 7.47. The minimum absolute atomic E-state index is 0.0144. The number of nitrogens with one attached hydrogen (secondary N) is 1. The van der Waals surface area contributed by atoms with Crippen LogP contribution in [0.4, 0.5) is 17.6 Å². The minimum Gasteiger partial charge on any atom is -0.473 e. The third-order valence-electron chi connectivity index (χ3n) is 8.42. The molecule has 0 saturated heterocycles. The number of benzene rings is 3. The second-order valence-corrected chi connectivity index (χ2v) is 14.8. The fourth-order valence-electron chi connectivity index (χ4n) is 5.31. The van der Waals surface area contributed by atoms with Crippen LogP contribution in [-0.2, 0) is 29.6 Å². The Morgan fingerprint density at radius 2 is 1.76 bits per heavy atom. The summed E-state index contributed by atoms with van der Waals surface area (Å²) in [5, 5.41) is 8.33. The molecule has 1 N–H and O–H groups in total. The van der Waals surface area contributed by atoms with E-state index in [1.54, 1.807) is 24.3 Å². The molecule has 0 spiro atoms. The van der Waals surface area contributed by atoms with Crippen molar-refractivity contribution < 1.29 is 35.5 Å². The Morgan fingerprint density at radius 1 is 1.02 bits per heavy atom. The Balaban J connectivity index is 1.26. The molecule has 14 heteroatoms. The number of ether oxygens (including phenoxy) is 1. The number of halogens is 4. The van der Waals surface area contributed by atoms with Gasteiger partial charge in [-0.2, -0.15) is 5.26 Å². The molecule has 2 heterocycles. The molecule has 3 aromatic carbocycles. The highest BCUT2D eigenvalue weighted by Gasteiger charge is 2.37. The van der Waals surface area contributed by atoms with Crippen molar-refractivity contribution in [2.24, 2.45) is 5.41 Å². The van der Waals surface area contributed by atoms with Crippen molar-refractivity contribution in [3.05, 3.63) is 113 Å². The number of sulfonamides is 1. The number of nitriles is 1. The van der Waals surface area contributed by atoms with Gasteiger partial charge < -0.3 is 9.30 Å². The highest BCUT2D eigenvalue weighted by atomic mass is 32.2. The van der Waals surface area contributed by atoms with Gasteiger partial charge in [0.15, 0.2) is 0 Å². The number of nitrogens with zero attached hydrogens (tertiary/aromatic N) is 4. The van der Waals surface area contributed by atoms with Crippen molar-refractivity contribution >= 4 is 27.0 Å². The Kier molecular flexibility index (Phi) is 9.37. The lowest BCUT2D eigenvalue weighted by Gasteiger charge is -2.25. The number of imidazole rings is 1. The molecule has 1 amide bonds. The van der Waals surface area contributed by atoms with Crippen LogP contribution in [0.15, 0.2) is 72.8 Å². The van der Waals surface area contributed by atoms with Gasteiger partial charge in [0.05, 0.1) is 33.6 Å². The number of hydrogen-bond donors (Lipinski definition) is 1. The van der Waals surface area contributed by atoms with Crippen molar-refractivity contribution in [1.29, 1.82) is 5.26 Å². The van der Waals surface area contributed by atoms with Gasteiger partial charge in [-0.1, -0.05) is 38.1 Å². The average molecular weight is 706 g/mol. The van der Waals surface area contributed by atoms with Crippen LogP contribution in [0.2, 0.25) is 0 Å². The first-order chi connectivity index (χ1) is 23.7. The highest BCUT2D eigenvalue weighted by molar-refractivity contribution is 7.91. The molecule has 0 bridgehead atoms. The monoisotopic (exact) mass is 705 g/mol. The van der Waals surface area contributed by atoms with Gasteiger partial charge in [0.2, 0.25) is 22.3 Å². The van der Waals surface area contributed by atoms with E-state index in [4.69, 9.17) is 10.00 Å². The van der Waals surface area contributed by atoms with E-state index in [0.29, 0.717) is 35.1 Å². The van der Waals surface area contributed by atoms with Gasteiger partial charge in [-0.15, -0.1) is 0 Å². The van der Waals surface area contributed by atoms with Crippen LogP contribution in [0.5, 0.6) is 5.88 Å². The second kappa shape index (κ2) is 13.5. The summed E-state index contributed by atoms with van der Waals surface area (Å²) < 4.78 is 92.0. The van der Waals surface area contributed by atoms with Gasteiger partial charge in [-0.25, -0.2) is 40.7 Å². The van der Waals surface area contributed by atoms with Gasteiger partial charge in [0.1, 0.15) is 24.1 Å². The van der Waals surface area contributed by atoms with E-state index in [-0.39, 0.29) is 53.5 Å². The van der Waals surface area contributed by atoms with Crippen LogP contribution < -0.4 is 9.46 Å². The number of rotatable bonds is 12. The van der Waals surface area contributed by atoms with Crippen LogP contribution in [0.25, 0.3) is 22.3 Å². The maximum absolute atomic E-state index is 15.7. The molecule has 0 atom stereocenters. The van der Waals surface area contributed by atoms with Crippen LogP contribution >= 0.6 is 0 Å². The molecule has 50 heavy (non-hydrogen) atoms. The van der Waals surface area contributed by atoms with Crippen molar-refractivity contribution in [3.63, 3.8) is 0 Å². The van der Waals surface area contributed by atoms with E-state index in [0.717, 1.165) is 6.07 Å². The molecule has 1 saturated carbocycles. The molecule has 0 unspecified atom stereocenters. The fourth-order valence-corrected chi connectivity index (χ4v) is 6.61. The highest BCUT2D eigenvalue weighted by Crippen LogP contribution is 2.32. The summed E-state index contributed by atoms with van der Waals surface area (Å²) in [6.07, 6.45) is -1.85. The summed E-state index contributed by atoms with van der Waals surface area (Å²) in [4.78, 5) is 21.9. The third-order valence-corrected chi connectivity index (χ3v) is 10.2. The molecular formula is C36H31F4N5O4S. The van der Waals surface area contributed by atoms with Crippen molar-refractivity contribution in [2.45, 2.75) is 57.9 Å². The Hall–Kier alpha value is -5.29. The molecule has 1 aliphatic carbocycles. The molecule has 6 rings (SSSR count). The van der Waals surface area contributed by atoms with Gasteiger partial charge in [0, 0.05) is 41.1 Å². The molecule has 0 radical (unpaired) electrons. The number of carbonyl (C=O) groups excluding carboxylic acids is 1. The van der Waals surface area contributed by atoms with Crippen molar-refractivity contribution in [3.8, 4) is 23.2 Å². The van der Waals surface area contributed by atoms with Gasteiger partial charge in [-0.3, -0.25) is 4.79 Å². The van der Waals surface area contributed by atoms with E-state index in [1.165, 1.54) is 60.9 Å². The van der Waals surface area contributed by atoms with E-state index >= 15 is 4.39 Å². The zero-order chi connectivity index (χ0) is 35.8. The summed E-state index contributed by atoms with van der Waals surface area (Å²) >= 11 is 0. The van der Waals surface area contributed by atoms with E-state index in [2.05, 4.69) is 14.7 Å². The Morgan fingerprint density at radius 3 is 2.44 bits per heavy atom. The zero-order valence-electron chi connectivity index (χ0n) is 27.0. The van der Waals surface area contributed by atoms with Crippen LogP contribution in [0, 0.1) is 28.4 Å². The first kappa shape index (κ1) is 34.6. The molecule has 5 aromatic rings. The van der Waals surface area contributed by atoms with Gasteiger partial charge in [0.25, 0.3) is 5.91 Å². The molecule has 258 valence electrons. The quantitative estimate of drug-likeness (QED) is 0.140. The SMILES string of the molecule is CC(C)(Cn1c(Cc2ccc(-c3cccc(OCc4ccc(C#N)cc4F)n3)cc2F)nc2ccc(C(=O)NS(=O)(=O)C3CC3)cc21)C(F)F. The van der Waals surface area contributed by atoms with Gasteiger partial charge >= 0.3 is 0 Å².